The maximum absolute atomic E-state index is 8.60. The normalized spacial score (nSPS) is 5.57. The van der Waals surface area contributed by atoms with Gasteiger partial charge in [-0.3, -0.25) is 0 Å². The molecule has 0 rings (SSSR count). The summed E-state index contributed by atoms with van der Waals surface area (Å²) >= 11 is -20.6. The first kappa shape index (κ1) is 50.6. The molecule has 0 aromatic carbocycles. The van der Waals surface area contributed by atoms with Gasteiger partial charge in [0.15, 0.2) is 0 Å². The van der Waals surface area contributed by atoms with E-state index in [0.717, 1.165) is 0 Å². The van der Waals surface area contributed by atoms with E-state index in [1.54, 1.807) is 0 Å². The number of rotatable bonds is 0. The Labute approximate surface area is 211 Å². The molecule has 0 spiro atoms. The van der Waals surface area contributed by atoms with Crippen molar-refractivity contribution >= 4 is 27.3 Å². The minimum Gasteiger partial charge on any atom is 2.00 e. The van der Waals surface area contributed by atoms with Crippen LogP contribution >= 0.6 is 0 Å². The van der Waals surface area contributed by atoms with Crippen LogP contribution in [0.15, 0.2) is 0 Å². The fourth-order valence-corrected chi connectivity index (χ4v) is 0. The molecule has 0 fully saturated rings. The van der Waals surface area contributed by atoms with E-state index < -0.39 is 93.4 Å². The molecule has 0 heterocycles. The van der Waals surface area contributed by atoms with Gasteiger partial charge in [0.1, 0.15) is 0 Å². The standard InChI is InChI=1S/2Nb.Ni.15O.Pb.3Ti.Zr/q;;+2;;;;;;;;8*-1;+2;;;;+4. The zero-order chi connectivity index (χ0) is 17.9. The quantitative estimate of drug-likeness (QED) is 0.204. The largest absolute Gasteiger partial charge is 4.00 e. The van der Waals surface area contributed by atoms with Gasteiger partial charge in [-0.2, -0.15) is 0 Å². The molecule has 0 aliphatic rings. The van der Waals surface area contributed by atoms with E-state index in [2.05, 4.69) is 0 Å². The Morgan fingerprint density at radius 3 is 0.565 bits per heavy atom. The van der Waals surface area contributed by atoms with Crippen molar-refractivity contribution in [2.24, 2.45) is 0 Å². The zero-order valence-corrected chi connectivity index (χ0v) is 26.2. The van der Waals surface area contributed by atoms with Crippen LogP contribution in [-0.4, -0.2) is 27.3 Å². The molecule has 130 valence electrons. The SMILES string of the molecule is [Ni+2].[O]=[Nb](=[O])[O-].[O]=[Nb](=[O])[O-].[O]=[Ti]([O-])[O-].[O]=[Ti]([O-])[O-].[O]=[Ti]([O-])[O-].[Pb+2].[Zr+4]. The van der Waals surface area contributed by atoms with Gasteiger partial charge in [-0.25, -0.2) is 0 Å². The van der Waals surface area contributed by atoms with Crippen LogP contribution in [0.25, 0.3) is 0 Å². The second kappa shape index (κ2) is 45.1. The van der Waals surface area contributed by atoms with Gasteiger partial charge < -0.3 is 0 Å². The summed E-state index contributed by atoms with van der Waals surface area (Å²) in [5, 5.41) is 0. The summed E-state index contributed by atoms with van der Waals surface area (Å²) in [4.78, 5) is 0. The Hall–Kier alpha value is 4.20. The first-order chi connectivity index (χ1) is 8.66. The summed E-state index contributed by atoms with van der Waals surface area (Å²) < 4.78 is 129. The summed E-state index contributed by atoms with van der Waals surface area (Å²) in [6, 6.07) is 0. The van der Waals surface area contributed by atoms with E-state index in [1.165, 1.54) is 0 Å². The van der Waals surface area contributed by atoms with E-state index in [9.17, 15) is 0 Å². The summed E-state index contributed by atoms with van der Waals surface area (Å²) in [5.74, 6) is 0. The van der Waals surface area contributed by atoms with Gasteiger partial charge in [0, 0.05) is 0 Å². The van der Waals surface area contributed by atoms with E-state index in [4.69, 9.17) is 52.3 Å². The van der Waals surface area contributed by atoms with Gasteiger partial charge in [-0.05, 0) is 0 Å². The second-order valence-corrected chi connectivity index (χ2v) is 5.74. The topological polar surface area (TPSA) is 304 Å². The third-order valence-electron chi connectivity index (χ3n) is 0. The molecule has 0 N–H and O–H groups in total. The molecule has 0 aliphatic carbocycles. The van der Waals surface area contributed by atoms with Crippen LogP contribution in [0.2, 0.25) is 0 Å². The average Bonchev–Trinajstić information content (AvgIpc) is 1.94. The molecule has 23 heavy (non-hydrogen) atoms. The van der Waals surface area contributed by atoms with Crippen LogP contribution in [0.3, 0.4) is 0 Å². The minimum absolute atomic E-state index is 0. The smallest absolute Gasteiger partial charge is 2.00 e. The number of hydrogen-bond acceptors (Lipinski definition) is 15. The maximum atomic E-state index is 8.60. The number of hydrogen-bond donors (Lipinski definition) is 0. The van der Waals surface area contributed by atoms with Crippen LogP contribution < -0.4 is 29.4 Å². The van der Waals surface area contributed by atoms with Gasteiger partial charge in [0.25, 0.3) is 0 Å². The fraction of sp³-hybridized carbons (Fsp3) is 0. The van der Waals surface area contributed by atoms with Crippen molar-refractivity contribution in [3.05, 3.63) is 0 Å². The predicted molar refractivity (Wildman–Crippen MR) is 10.6 cm³/mol. The molecule has 0 aliphatic heterocycles. The fourth-order valence-electron chi connectivity index (χ4n) is 0. The maximum Gasteiger partial charge on any atom is 4.00 e. The van der Waals surface area contributed by atoms with Crippen LogP contribution in [0.1, 0.15) is 0 Å². The van der Waals surface area contributed by atoms with Crippen LogP contribution in [0.4, 0.5) is 0 Å². The molecule has 0 aromatic heterocycles. The summed E-state index contributed by atoms with van der Waals surface area (Å²) in [6.45, 7) is 0. The average molecular weight is 927 g/mol. The van der Waals surface area contributed by atoms with Crippen molar-refractivity contribution in [1.29, 1.82) is 0 Å². The Bertz CT molecular complexity index is 329. The van der Waals surface area contributed by atoms with Gasteiger partial charge in [-0.1, -0.05) is 0 Å². The molecule has 0 saturated heterocycles. The third kappa shape index (κ3) is 869. The molecule has 15 nitrogen and oxygen atoms in total. The van der Waals surface area contributed by atoms with Crippen LogP contribution in [0.5, 0.6) is 0 Å². The van der Waals surface area contributed by atoms with Crippen molar-refractivity contribution in [3.63, 3.8) is 0 Å². The molecule has 2 radical (unpaired) electrons. The van der Waals surface area contributed by atoms with Crippen molar-refractivity contribution in [1.82, 2.24) is 0 Å². The summed E-state index contributed by atoms with van der Waals surface area (Å²) in [6.07, 6.45) is 0. The van der Waals surface area contributed by atoms with E-state index in [0.29, 0.717) is 0 Å². The molecular weight excluding hydrogens is 927 g/mol. The Morgan fingerprint density at radius 1 is 0.565 bits per heavy atom. The molecule has 23 heteroatoms. The molecule has 0 aromatic rings. The first-order valence-electron chi connectivity index (χ1n) is 2.93. The Kier molecular flexibility index (Phi) is 99.4. The van der Waals surface area contributed by atoms with Crippen LogP contribution in [0, 0.1) is 0 Å². The van der Waals surface area contributed by atoms with Crippen molar-refractivity contribution in [3.8, 4) is 0 Å². The van der Waals surface area contributed by atoms with Gasteiger partial charge in [0.2, 0.25) is 0 Å². The van der Waals surface area contributed by atoms with Crippen LogP contribution in [-0.2, 0) is 159 Å². The molecular formula is Nb2NiO15PbTi3Zr. The molecule has 0 atom stereocenters. The second-order valence-electron chi connectivity index (χ2n) is 1.20. The third-order valence-corrected chi connectivity index (χ3v) is 0. The molecule has 0 saturated carbocycles. The molecule has 0 amide bonds. The van der Waals surface area contributed by atoms with E-state index in [-0.39, 0.29) is 70.0 Å². The predicted octanol–water partition coefficient (Wildman–Crippen LogP) is -10.7. The van der Waals surface area contributed by atoms with Crippen molar-refractivity contribution < 1.29 is 188 Å². The van der Waals surface area contributed by atoms with Gasteiger partial charge in [-0.15, -0.1) is 0 Å². The monoisotopic (exact) mass is 925 g/mol. The molecule has 0 unspecified atom stereocenters. The molecule has 0 bridgehead atoms. The van der Waals surface area contributed by atoms with Gasteiger partial charge in [0.05, 0.1) is 0 Å². The van der Waals surface area contributed by atoms with Crippen molar-refractivity contribution in [2.75, 3.05) is 0 Å². The Balaban J connectivity index is -0.0000000197. The first-order valence-corrected chi connectivity index (χ1v) is 14.1. The van der Waals surface area contributed by atoms with E-state index in [1.807, 2.05) is 0 Å². The minimum atomic E-state index is -4.20. The zero-order valence-electron chi connectivity index (χ0n) is 9.83. The van der Waals surface area contributed by atoms with Gasteiger partial charge >= 0.3 is 216 Å². The summed E-state index contributed by atoms with van der Waals surface area (Å²) in [5.41, 5.74) is 0. The van der Waals surface area contributed by atoms with Crippen molar-refractivity contribution in [2.45, 2.75) is 0 Å². The summed E-state index contributed by atoms with van der Waals surface area (Å²) in [7, 11) is 0. The van der Waals surface area contributed by atoms with E-state index >= 15 is 0 Å². The Morgan fingerprint density at radius 2 is 0.565 bits per heavy atom.